The molecule has 2 aromatic rings. The molecule has 0 aliphatic rings. The van der Waals surface area contributed by atoms with Crippen molar-refractivity contribution in [2.75, 3.05) is 19.5 Å². The molecule has 2 aromatic heterocycles. The molecule has 1 atom stereocenters. The van der Waals surface area contributed by atoms with Crippen molar-refractivity contribution in [3.8, 4) is 0 Å². The first-order chi connectivity index (χ1) is 10.1. The van der Waals surface area contributed by atoms with Crippen molar-refractivity contribution in [1.29, 1.82) is 0 Å². The van der Waals surface area contributed by atoms with E-state index in [1.807, 2.05) is 23.8 Å². The normalized spacial score (nSPS) is 12.5. The van der Waals surface area contributed by atoms with Gasteiger partial charge in [0.05, 0.1) is 12.4 Å². The molecule has 2 rings (SSSR count). The van der Waals surface area contributed by atoms with Crippen LogP contribution in [0.3, 0.4) is 0 Å². The highest BCUT2D eigenvalue weighted by molar-refractivity contribution is 7.99. The molecule has 0 fully saturated rings. The summed E-state index contributed by atoms with van der Waals surface area (Å²) in [5.41, 5.74) is 0. The number of carboxylic acids is 1. The van der Waals surface area contributed by atoms with Crippen LogP contribution in [0.1, 0.15) is 18.8 Å². The van der Waals surface area contributed by atoms with E-state index in [4.69, 9.17) is 9.84 Å². The molecular formula is C12H17N5O3S. The molecule has 21 heavy (non-hydrogen) atoms. The third kappa shape index (κ3) is 3.82. The number of thioether (sulfide) groups is 1. The Hall–Kier alpha value is -1.87. The number of carboxylic acid groups (broad SMARTS) is 1. The zero-order chi connectivity index (χ0) is 15.2. The van der Waals surface area contributed by atoms with Crippen molar-refractivity contribution in [2.24, 2.45) is 0 Å². The number of aliphatic carboxylic acids is 1. The summed E-state index contributed by atoms with van der Waals surface area (Å²) < 4.78 is 8.75. The van der Waals surface area contributed by atoms with E-state index in [1.54, 1.807) is 18.0 Å². The molecule has 0 spiro atoms. The molecular weight excluding hydrogens is 294 g/mol. The molecule has 0 aliphatic heterocycles. The van der Waals surface area contributed by atoms with Crippen molar-refractivity contribution >= 4 is 17.7 Å². The molecule has 0 amide bonds. The van der Waals surface area contributed by atoms with Crippen LogP contribution in [0, 0.1) is 0 Å². The fourth-order valence-corrected chi connectivity index (χ4v) is 2.55. The Balaban J connectivity index is 2.25. The van der Waals surface area contributed by atoms with Crippen LogP contribution in [0.25, 0.3) is 0 Å². The van der Waals surface area contributed by atoms with Crippen LogP contribution in [-0.2, 0) is 16.1 Å². The van der Waals surface area contributed by atoms with E-state index >= 15 is 0 Å². The van der Waals surface area contributed by atoms with Crippen molar-refractivity contribution in [2.45, 2.75) is 24.7 Å². The standard InChI is InChI=1S/C12H17N5O3S/c1-9(17-5-3-4-13-17)11-14-15-12(21-8-10(18)19)16(11)6-7-20-2/h3-5,9H,6-8H2,1-2H3,(H,18,19). The van der Waals surface area contributed by atoms with E-state index in [9.17, 15) is 4.79 Å². The maximum atomic E-state index is 10.7. The van der Waals surface area contributed by atoms with Crippen LogP contribution in [0.4, 0.5) is 0 Å². The average Bonchev–Trinajstić information content (AvgIpc) is 3.11. The molecule has 0 aliphatic carbocycles. The van der Waals surface area contributed by atoms with Crippen LogP contribution in [-0.4, -0.2) is 55.1 Å². The Morgan fingerprint density at radius 1 is 1.52 bits per heavy atom. The zero-order valence-corrected chi connectivity index (χ0v) is 12.7. The smallest absolute Gasteiger partial charge is 0.313 e. The third-order valence-corrected chi connectivity index (χ3v) is 3.84. The van der Waals surface area contributed by atoms with E-state index in [2.05, 4.69) is 15.3 Å². The van der Waals surface area contributed by atoms with Gasteiger partial charge in [-0.2, -0.15) is 5.10 Å². The maximum absolute atomic E-state index is 10.7. The highest BCUT2D eigenvalue weighted by Crippen LogP contribution is 2.22. The van der Waals surface area contributed by atoms with Gasteiger partial charge in [-0.05, 0) is 13.0 Å². The summed E-state index contributed by atoms with van der Waals surface area (Å²) in [5.74, 6) is -0.215. The van der Waals surface area contributed by atoms with Gasteiger partial charge < -0.3 is 14.4 Å². The topological polar surface area (TPSA) is 95.1 Å². The van der Waals surface area contributed by atoms with Crippen molar-refractivity contribution in [3.05, 3.63) is 24.3 Å². The Labute approximate surface area is 126 Å². The quantitative estimate of drug-likeness (QED) is 0.724. The first kappa shape index (κ1) is 15.5. The Kier molecular flexibility index (Phi) is 5.34. The van der Waals surface area contributed by atoms with Gasteiger partial charge in [-0.3, -0.25) is 9.48 Å². The summed E-state index contributed by atoms with van der Waals surface area (Å²) in [4.78, 5) is 10.7. The minimum absolute atomic E-state index is 0.0543. The predicted octanol–water partition coefficient (Wildman–Crippen LogP) is 0.907. The van der Waals surface area contributed by atoms with Crippen molar-refractivity contribution in [1.82, 2.24) is 24.5 Å². The largest absolute Gasteiger partial charge is 0.481 e. The molecule has 0 aromatic carbocycles. The fourth-order valence-electron chi connectivity index (χ4n) is 1.86. The van der Waals surface area contributed by atoms with Gasteiger partial charge in [-0.25, -0.2) is 0 Å². The fraction of sp³-hybridized carbons (Fsp3) is 0.500. The number of methoxy groups -OCH3 is 1. The first-order valence-electron chi connectivity index (χ1n) is 6.39. The second kappa shape index (κ2) is 7.23. The molecule has 0 bridgehead atoms. The second-order valence-corrected chi connectivity index (χ2v) is 5.27. The van der Waals surface area contributed by atoms with Gasteiger partial charge >= 0.3 is 5.97 Å². The molecule has 2 heterocycles. The SMILES string of the molecule is COCCn1c(SCC(=O)O)nnc1C(C)n1cccn1. The molecule has 8 nitrogen and oxygen atoms in total. The second-order valence-electron chi connectivity index (χ2n) is 4.33. The molecule has 0 saturated heterocycles. The number of hydrogen-bond acceptors (Lipinski definition) is 6. The molecule has 114 valence electrons. The summed E-state index contributed by atoms with van der Waals surface area (Å²) in [7, 11) is 1.62. The van der Waals surface area contributed by atoms with E-state index in [1.165, 1.54) is 0 Å². The lowest BCUT2D eigenvalue weighted by molar-refractivity contribution is -0.133. The Morgan fingerprint density at radius 3 is 2.95 bits per heavy atom. The lowest BCUT2D eigenvalue weighted by Crippen LogP contribution is -2.17. The number of hydrogen-bond donors (Lipinski definition) is 1. The molecule has 9 heteroatoms. The summed E-state index contributed by atoms with van der Waals surface area (Å²) in [6.45, 7) is 3.02. The Bertz CT molecular complexity index is 584. The van der Waals surface area contributed by atoms with Crippen LogP contribution in [0.2, 0.25) is 0 Å². The summed E-state index contributed by atoms with van der Waals surface area (Å²) in [5, 5.41) is 21.8. The summed E-state index contributed by atoms with van der Waals surface area (Å²) >= 11 is 1.15. The molecule has 0 radical (unpaired) electrons. The number of rotatable bonds is 8. The minimum atomic E-state index is -0.886. The average molecular weight is 311 g/mol. The van der Waals surface area contributed by atoms with E-state index in [-0.39, 0.29) is 11.8 Å². The van der Waals surface area contributed by atoms with Gasteiger partial charge in [0.25, 0.3) is 0 Å². The van der Waals surface area contributed by atoms with Crippen LogP contribution in [0.15, 0.2) is 23.6 Å². The monoisotopic (exact) mass is 311 g/mol. The first-order valence-corrected chi connectivity index (χ1v) is 7.37. The maximum Gasteiger partial charge on any atom is 0.313 e. The van der Waals surface area contributed by atoms with Crippen LogP contribution >= 0.6 is 11.8 Å². The van der Waals surface area contributed by atoms with Gasteiger partial charge in [-0.15, -0.1) is 10.2 Å². The van der Waals surface area contributed by atoms with Gasteiger partial charge in [0.1, 0.15) is 6.04 Å². The van der Waals surface area contributed by atoms with E-state index in [0.717, 1.165) is 17.6 Å². The van der Waals surface area contributed by atoms with E-state index in [0.29, 0.717) is 18.3 Å². The number of ether oxygens (including phenoxy) is 1. The van der Waals surface area contributed by atoms with E-state index < -0.39 is 5.97 Å². The highest BCUT2D eigenvalue weighted by Gasteiger charge is 2.20. The van der Waals surface area contributed by atoms with Gasteiger partial charge in [0.2, 0.25) is 0 Å². The lowest BCUT2D eigenvalue weighted by atomic mass is 10.3. The third-order valence-electron chi connectivity index (χ3n) is 2.88. The minimum Gasteiger partial charge on any atom is -0.481 e. The number of nitrogens with zero attached hydrogens (tertiary/aromatic N) is 5. The van der Waals surface area contributed by atoms with Gasteiger partial charge in [0, 0.05) is 26.0 Å². The molecule has 1 N–H and O–H groups in total. The Morgan fingerprint density at radius 2 is 2.33 bits per heavy atom. The van der Waals surface area contributed by atoms with Crippen molar-refractivity contribution < 1.29 is 14.6 Å². The predicted molar refractivity (Wildman–Crippen MR) is 76.3 cm³/mol. The molecule has 0 saturated carbocycles. The number of carbonyl (C=O) groups is 1. The summed E-state index contributed by atoms with van der Waals surface area (Å²) in [6.07, 6.45) is 3.55. The highest BCUT2D eigenvalue weighted by atomic mass is 32.2. The van der Waals surface area contributed by atoms with Crippen LogP contribution in [0.5, 0.6) is 0 Å². The zero-order valence-electron chi connectivity index (χ0n) is 11.8. The van der Waals surface area contributed by atoms with Crippen molar-refractivity contribution in [3.63, 3.8) is 0 Å². The van der Waals surface area contributed by atoms with Crippen LogP contribution < -0.4 is 0 Å². The summed E-state index contributed by atoms with van der Waals surface area (Å²) in [6, 6.07) is 1.75. The molecule has 1 unspecified atom stereocenters. The van der Waals surface area contributed by atoms with Gasteiger partial charge in [-0.1, -0.05) is 11.8 Å². The number of aromatic nitrogens is 5. The lowest BCUT2D eigenvalue weighted by Gasteiger charge is -2.14. The van der Waals surface area contributed by atoms with Gasteiger partial charge in [0.15, 0.2) is 11.0 Å².